The normalized spacial score (nSPS) is 9.53. The Hall–Kier alpha value is -1.77. The number of hydrogen-bond acceptors (Lipinski definition) is 2. The van der Waals surface area contributed by atoms with Crippen LogP contribution in [-0.4, -0.2) is 17.6 Å². The predicted octanol–water partition coefficient (Wildman–Crippen LogP) is 1.93. The monoisotopic (exact) mass is 305 g/mol. The van der Waals surface area contributed by atoms with Crippen LogP contribution in [0.15, 0.2) is 36.7 Å². The van der Waals surface area contributed by atoms with Gasteiger partial charge < -0.3 is 4.74 Å². The standard InChI is InChI=1S/C9H11NO2.3CO.Fe/c1-2-12-9(11)10-7-5-3-4-6-8-10;3*1-2;/h3-8H,2H2,1H3;;;;. The second-order valence-electron chi connectivity index (χ2n) is 2.17. The molecule has 19 heavy (non-hydrogen) atoms. The number of carbonyl (C=O) groups excluding carboxylic acids is 1. The Kier molecular flexibility index (Phi) is 34.3. The van der Waals surface area contributed by atoms with E-state index < -0.39 is 0 Å². The molecular weight excluding hydrogens is 294 g/mol. The van der Waals surface area contributed by atoms with Crippen LogP contribution in [0.3, 0.4) is 0 Å². The minimum Gasteiger partial charge on any atom is 0 e. The molecule has 0 spiro atoms. The van der Waals surface area contributed by atoms with E-state index in [2.05, 4.69) is 20.0 Å². The van der Waals surface area contributed by atoms with Crippen molar-refractivity contribution >= 4 is 6.09 Å². The summed E-state index contributed by atoms with van der Waals surface area (Å²) < 4.78 is 27.3. The van der Waals surface area contributed by atoms with Crippen molar-refractivity contribution in [3.05, 3.63) is 56.7 Å². The number of amides is 1. The Labute approximate surface area is 122 Å². The number of carbonyl (C=O) groups is 1. The van der Waals surface area contributed by atoms with Gasteiger partial charge in [0.15, 0.2) is 0 Å². The molecule has 0 aliphatic carbocycles. The Morgan fingerprint density at radius 2 is 1.37 bits per heavy atom. The number of nitrogens with zero attached hydrogens (tertiary/aromatic N) is 1. The minimum absolute atomic E-state index is 0. The largest absolute Gasteiger partial charge is 0 e. The van der Waals surface area contributed by atoms with Crippen molar-refractivity contribution in [2.75, 3.05) is 6.61 Å². The van der Waals surface area contributed by atoms with Crippen molar-refractivity contribution in [2.24, 2.45) is 0 Å². The topological polar surface area (TPSA) is 89.2 Å². The molecule has 1 aliphatic heterocycles. The fraction of sp³-hybridized carbons (Fsp3) is 0.167. The van der Waals surface area contributed by atoms with Crippen molar-refractivity contribution in [1.29, 1.82) is 0 Å². The summed E-state index contributed by atoms with van der Waals surface area (Å²) in [6.45, 7) is 15.7. The van der Waals surface area contributed by atoms with Crippen LogP contribution in [-0.2, 0) is 35.8 Å². The molecule has 102 valence electrons. The van der Waals surface area contributed by atoms with E-state index in [1.165, 1.54) is 4.90 Å². The van der Waals surface area contributed by atoms with Gasteiger partial charge in [-0.3, -0.25) is 4.90 Å². The van der Waals surface area contributed by atoms with Crippen LogP contribution in [0.4, 0.5) is 4.79 Å². The van der Waals surface area contributed by atoms with Gasteiger partial charge in [-0.1, -0.05) is 12.2 Å². The molecule has 0 saturated heterocycles. The molecule has 0 N–H and O–H groups in total. The fourth-order valence-electron chi connectivity index (χ4n) is 0.783. The van der Waals surface area contributed by atoms with Gasteiger partial charge in [-0.2, -0.15) is 0 Å². The molecule has 7 heteroatoms. The molecule has 0 fully saturated rings. The zero-order valence-electron chi connectivity index (χ0n) is 10.0. The summed E-state index contributed by atoms with van der Waals surface area (Å²) >= 11 is 0. The van der Waals surface area contributed by atoms with Crippen LogP contribution in [0, 0.1) is 20.0 Å². The van der Waals surface area contributed by atoms with E-state index in [0.29, 0.717) is 6.61 Å². The van der Waals surface area contributed by atoms with E-state index in [4.69, 9.17) is 18.7 Å². The molecule has 1 amide bonds. The third-order valence-corrected chi connectivity index (χ3v) is 1.31. The van der Waals surface area contributed by atoms with E-state index in [0.717, 1.165) is 0 Å². The molecule has 0 saturated carbocycles. The number of hydrogen-bond donors (Lipinski definition) is 0. The second-order valence-corrected chi connectivity index (χ2v) is 2.17. The summed E-state index contributed by atoms with van der Waals surface area (Å²) in [5.74, 6) is 0. The average Bonchev–Trinajstić information content (AvgIpc) is 2.75. The number of ether oxygens (including phenoxy) is 1. The molecule has 0 aromatic heterocycles. The van der Waals surface area contributed by atoms with Crippen molar-refractivity contribution in [3.63, 3.8) is 0 Å². The third kappa shape index (κ3) is 16.2. The quantitative estimate of drug-likeness (QED) is 0.421. The maximum absolute atomic E-state index is 11.1. The fourth-order valence-corrected chi connectivity index (χ4v) is 0.783. The minimum atomic E-state index is -0.353. The first kappa shape index (κ1) is 25.9. The van der Waals surface area contributed by atoms with Gasteiger partial charge in [0, 0.05) is 29.5 Å². The summed E-state index contributed by atoms with van der Waals surface area (Å²) in [4.78, 5) is 12.5. The zero-order valence-corrected chi connectivity index (χ0v) is 11.1. The molecular formula is C12H11FeNO5. The SMILES string of the molecule is CCOC(=O)N1C=CC=CC=C1.[C-]#[O+].[C-]#[O+].[C-]#[O+].[Fe]. The molecule has 6 nitrogen and oxygen atoms in total. The Morgan fingerprint density at radius 1 is 1.00 bits per heavy atom. The molecule has 0 bridgehead atoms. The Bertz CT molecular complexity index is 325. The van der Waals surface area contributed by atoms with Crippen molar-refractivity contribution in [2.45, 2.75) is 6.92 Å². The zero-order chi connectivity index (χ0) is 14.8. The van der Waals surface area contributed by atoms with Gasteiger partial charge in [0.2, 0.25) is 0 Å². The smallest absolute Gasteiger partial charge is 0 e. The van der Waals surface area contributed by atoms with Gasteiger partial charge in [-0.25, -0.2) is 4.79 Å². The van der Waals surface area contributed by atoms with E-state index in [1.807, 2.05) is 12.2 Å². The van der Waals surface area contributed by atoms with Gasteiger partial charge in [-0.05, 0) is 19.1 Å². The van der Waals surface area contributed by atoms with Gasteiger partial charge in [-0.15, -0.1) is 0 Å². The van der Waals surface area contributed by atoms with Crippen LogP contribution in [0.1, 0.15) is 6.92 Å². The van der Waals surface area contributed by atoms with Crippen LogP contribution >= 0.6 is 0 Å². The number of allylic oxidation sites excluding steroid dienone is 4. The number of rotatable bonds is 1. The van der Waals surface area contributed by atoms with E-state index in [1.54, 1.807) is 31.5 Å². The van der Waals surface area contributed by atoms with Crippen LogP contribution < -0.4 is 0 Å². The molecule has 1 heterocycles. The first-order valence-electron chi connectivity index (χ1n) is 4.42. The summed E-state index contributed by atoms with van der Waals surface area (Å²) in [5.41, 5.74) is 0. The molecule has 0 aromatic carbocycles. The van der Waals surface area contributed by atoms with Crippen LogP contribution in [0.5, 0.6) is 0 Å². The summed E-state index contributed by atoms with van der Waals surface area (Å²) in [7, 11) is 0. The van der Waals surface area contributed by atoms with Crippen molar-refractivity contribution in [3.8, 4) is 0 Å². The first-order chi connectivity index (χ1) is 8.84. The van der Waals surface area contributed by atoms with Crippen LogP contribution in [0.2, 0.25) is 0 Å². The summed E-state index contributed by atoms with van der Waals surface area (Å²) in [5, 5.41) is 0. The predicted molar refractivity (Wildman–Crippen MR) is 58.1 cm³/mol. The van der Waals surface area contributed by atoms with E-state index in [9.17, 15) is 4.79 Å². The van der Waals surface area contributed by atoms with Crippen molar-refractivity contribution < 1.29 is 40.6 Å². The van der Waals surface area contributed by atoms with E-state index in [-0.39, 0.29) is 23.2 Å². The Balaban J connectivity index is -0.000000142. The van der Waals surface area contributed by atoms with Gasteiger partial charge in [0.25, 0.3) is 0 Å². The first-order valence-corrected chi connectivity index (χ1v) is 4.42. The third-order valence-electron chi connectivity index (χ3n) is 1.31. The molecule has 0 atom stereocenters. The van der Waals surface area contributed by atoms with Gasteiger partial charge in [0.05, 0.1) is 6.61 Å². The van der Waals surface area contributed by atoms with Gasteiger partial charge in [0.1, 0.15) is 0 Å². The average molecular weight is 305 g/mol. The van der Waals surface area contributed by atoms with Crippen LogP contribution in [0.25, 0.3) is 0 Å². The maximum atomic E-state index is 11.1. The Morgan fingerprint density at radius 3 is 1.68 bits per heavy atom. The summed E-state index contributed by atoms with van der Waals surface area (Å²) in [6, 6.07) is 0. The molecule has 0 unspecified atom stereocenters. The van der Waals surface area contributed by atoms with Crippen molar-refractivity contribution in [1.82, 2.24) is 4.90 Å². The molecule has 1 rings (SSSR count). The summed E-state index contributed by atoms with van der Waals surface area (Å²) in [6.07, 6.45) is 10.2. The molecule has 0 aromatic rings. The maximum Gasteiger partial charge on any atom is 0 e. The molecule has 1 aliphatic rings. The van der Waals surface area contributed by atoms with E-state index >= 15 is 0 Å². The van der Waals surface area contributed by atoms with Gasteiger partial charge >= 0.3 is 40.0 Å². The molecule has 0 radical (unpaired) electrons. The second kappa shape index (κ2) is 25.2.